The molecule has 30 heavy (non-hydrogen) atoms. The molecule has 2 saturated heterocycles. The van der Waals surface area contributed by atoms with Crippen LogP contribution in [-0.4, -0.2) is 55.1 Å². The van der Waals surface area contributed by atoms with Crippen molar-refractivity contribution >= 4 is 17.4 Å². The third kappa shape index (κ3) is 4.37. The van der Waals surface area contributed by atoms with E-state index in [9.17, 15) is 18.0 Å². The lowest BCUT2D eigenvalue weighted by molar-refractivity contribution is -0.137. The van der Waals surface area contributed by atoms with Crippen LogP contribution < -0.4 is 9.80 Å². The number of piperazine rings is 1. The first-order valence-electron chi connectivity index (χ1n) is 10.3. The number of nitrogens with zero attached hydrogens (tertiary/aromatic N) is 4. The molecule has 5 nitrogen and oxygen atoms in total. The maximum Gasteiger partial charge on any atom is 0.419 e. The summed E-state index contributed by atoms with van der Waals surface area (Å²) in [6.07, 6.45) is -1.72. The average molecular weight is 418 g/mol. The summed E-state index contributed by atoms with van der Waals surface area (Å²) in [6.45, 7) is 3.52. The van der Waals surface area contributed by atoms with Crippen molar-refractivity contribution in [3.63, 3.8) is 0 Å². The van der Waals surface area contributed by atoms with Gasteiger partial charge in [0, 0.05) is 51.2 Å². The first-order chi connectivity index (χ1) is 14.4. The Morgan fingerprint density at radius 3 is 2.37 bits per heavy atom. The lowest BCUT2D eigenvalue weighted by Gasteiger charge is -2.40. The summed E-state index contributed by atoms with van der Waals surface area (Å²) in [5.41, 5.74) is 0.401. The average Bonchev–Trinajstić information content (AvgIpc) is 2.79. The molecule has 0 saturated carbocycles. The van der Waals surface area contributed by atoms with Crippen LogP contribution in [0.15, 0.2) is 48.7 Å². The fourth-order valence-electron chi connectivity index (χ4n) is 4.32. The Bertz CT molecular complexity index is 866. The molecule has 1 atom stereocenters. The molecule has 2 aliphatic rings. The number of rotatable bonds is 3. The maximum absolute atomic E-state index is 13.4. The van der Waals surface area contributed by atoms with Gasteiger partial charge >= 0.3 is 6.18 Å². The van der Waals surface area contributed by atoms with E-state index in [4.69, 9.17) is 0 Å². The highest BCUT2D eigenvalue weighted by Gasteiger charge is 2.38. The number of carbonyl (C=O) groups is 1. The Balaban J connectivity index is 1.40. The van der Waals surface area contributed by atoms with Gasteiger partial charge in [0.05, 0.1) is 11.5 Å². The molecule has 0 aliphatic carbocycles. The zero-order valence-electron chi connectivity index (χ0n) is 16.7. The lowest BCUT2D eigenvalue weighted by atomic mass is 9.95. The van der Waals surface area contributed by atoms with Crippen LogP contribution in [0.2, 0.25) is 0 Å². The van der Waals surface area contributed by atoms with Crippen molar-refractivity contribution < 1.29 is 18.0 Å². The van der Waals surface area contributed by atoms with Crippen LogP contribution in [0.1, 0.15) is 18.4 Å². The van der Waals surface area contributed by atoms with Gasteiger partial charge in [0.25, 0.3) is 0 Å². The van der Waals surface area contributed by atoms with Crippen molar-refractivity contribution in [2.45, 2.75) is 19.0 Å². The van der Waals surface area contributed by atoms with Crippen LogP contribution in [0.5, 0.6) is 0 Å². The normalized spacial score (nSPS) is 20.4. The number of benzene rings is 1. The second-order valence-electron chi connectivity index (χ2n) is 7.81. The molecule has 1 aromatic heterocycles. The van der Waals surface area contributed by atoms with Crippen LogP contribution in [-0.2, 0) is 11.0 Å². The Morgan fingerprint density at radius 1 is 0.933 bits per heavy atom. The number of para-hydroxylation sites is 1. The van der Waals surface area contributed by atoms with Gasteiger partial charge in [-0.2, -0.15) is 13.2 Å². The Labute approximate surface area is 174 Å². The lowest BCUT2D eigenvalue weighted by Crippen LogP contribution is -2.52. The number of aromatic nitrogens is 1. The molecule has 160 valence electrons. The van der Waals surface area contributed by atoms with E-state index in [1.165, 1.54) is 12.3 Å². The van der Waals surface area contributed by atoms with Gasteiger partial charge in [0.2, 0.25) is 5.91 Å². The van der Waals surface area contributed by atoms with Gasteiger partial charge in [-0.05, 0) is 37.1 Å². The number of carbonyl (C=O) groups excluding carboxylic acids is 1. The van der Waals surface area contributed by atoms with E-state index in [2.05, 4.69) is 22.0 Å². The number of alkyl halides is 3. The van der Waals surface area contributed by atoms with Gasteiger partial charge in [0.15, 0.2) is 0 Å². The molecular formula is C22H25F3N4O. The van der Waals surface area contributed by atoms with Gasteiger partial charge in [-0.1, -0.05) is 18.2 Å². The predicted octanol–water partition coefficient (Wildman–Crippen LogP) is 3.67. The van der Waals surface area contributed by atoms with E-state index in [0.29, 0.717) is 32.5 Å². The number of halogens is 3. The van der Waals surface area contributed by atoms with E-state index < -0.39 is 11.7 Å². The van der Waals surface area contributed by atoms with Gasteiger partial charge in [0.1, 0.15) is 5.82 Å². The summed E-state index contributed by atoms with van der Waals surface area (Å²) >= 11 is 0. The van der Waals surface area contributed by atoms with Crippen LogP contribution in [0.4, 0.5) is 24.7 Å². The van der Waals surface area contributed by atoms with Crippen LogP contribution >= 0.6 is 0 Å². The van der Waals surface area contributed by atoms with Crippen molar-refractivity contribution in [1.82, 2.24) is 9.88 Å². The van der Waals surface area contributed by atoms with Crippen molar-refractivity contribution in [3.05, 3.63) is 54.2 Å². The predicted molar refractivity (Wildman–Crippen MR) is 109 cm³/mol. The van der Waals surface area contributed by atoms with E-state index in [0.717, 1.165) is 24.8 Å². The Kier molecular flexibility index (Phi) is 5.83. The van der Waals surface area contributed by atoms with Crippen LogP contribution in [0.3, 0.4) is 0 Å². The topological polar surface area (TPSA) is 39.7 Å². The van der Waals surface area contributed by atoms with Gasteiger partial charge in [-0.25, -0.2) is 4.98 Å². The SMILES string of the molecule is O=C([C@@H]1CCCN(c2ncccc2C(F)(F)F)C1)N1CCN(c2ccccc2)CC1. The highest BCUT2D eigenvalue weighted by Crippen LogP contribution is 2.36. The number of pyridine rings is 1. The van der Waals surface area contributed by atoms with Gasteiger partial charge in [-0.15, -0.1) is 0 Å². The molecule has 0 spiro atoms. The quantitative estimate of drug-likeness (QED) is 0.763. The molecule has 2 aromatic rings. The molecule has 0 radical (unpaired) electrons. The molecular weight excluding hydrogens is 393 g/mol. The summed E-state index contributed by atoms with van der Waals surface area (Å²) in [7, 11) is 0. The molecule has 2 aliphatic heterocycles. The molecule has 4 rings (SSSR count). The summed E-state index contributed by atoms with van der Waals surface area (Å²) in [5.74, 6) is -0.335. The summed E-state index contributed by atoms with van der Waals surface area (Å²) < 4.78 is 40.1. The standard InChI is InChI=1S/C22H25F3N4O/c23-22(24,25)19-9-4-10-26-20(19)29-11-5-6-17(16-29)21(30)28-14-12-27(13-15-28)18-7-2-1-3-8-18/h1-4,7-10,17H,5-6,11-16H2/t17-/m1/s1. The second kappa shape index (κ2) is 8.53. The van der Waals surface area contributed by atoms with Crippen LogP contribution in [0.25, 0.3) is 0 Å². The van der Waals surface area contributed by atoms with E-state index >= 15 is 0 Å². The molecule has 0 unspecified atom stereocenters. The minimum Gasteiger partial charge on any atom is -0.368 e. The van der Waals surface area contributed by atoms with Crippen molar-refractivity contribution in [3.8, 4) is 0 Å². The van der Waals surface area contributed by atoms with E-state index in [1.807, 2.05) is 23.1 Å². The maximum atomic E-state index is 13.4. The highest BCUT2D eigenvalue weighted by molar-refractivity contribution is 5.80. The largest absolute Gasteiger partial charge is 0.419 e. The molecule has 2 fully saturated rings. The molecule has 0 N–H and O–H groups in total. The zero-order chi connectivity index (χ0) is 21.1. The Morgan fingerprint density at radius 2 is 1.67 bits per heavy atom. The number of piperidine rings is 1. The Hall–Kier alpha value is -2.77. The van der Waals surface area contributed by atoms with Crippen molar-refractivity contribution in [2.24, 2.45) is 5.92 Å². The van der Waals surface area contributed by atoms with Gasteiger partial charge < -0.3 is 14.7 Å². The van der Waals surface area contributed by atoms with Crippen LogP contribution in [0, 0.1) is 5.92 Å². The fourth-order valence-corrected chi connectivity index (χ4v) is 4.32. The monoisotopic (exact) mass is 418 g/mol. The number of hydrogen-bond donors (Lipinski definition) is 0. The molecule has 0 bridgehead atoms. The molecule has 3 heterocycles. The minimum absolute atomic E-state index is 0.0388. The van der Waals surface area contributed by atoms with Gasteiger partial charge in [-0.3, -0.25) is 4.79 Å². The van der Waals surface area contributed by atoms with E-state index in [1.54, 1.807) is 4.90 Å². The zero-order valence-corrected chi connectivity index (χ0v) is 16.7. The summed E-state index contributed by atoms with van der Waals surface area (Å²) in [6, 6.07) is 12.4. The number of hydrogen-bond acceptors (Lipinski definition) is 4. The first-order valence-corrected chi connectivity index (χ1v) is 10.3. The number of anilines is 2. The third-order valence-corrected chi connectivity index (χ3v) is 5.87. The van der Waals surface area contributed by atoms with Crippen molar-refractivity contribution in [2.75, 3.05) is 49.1 Å². The third-order valence-electron chi connectivity index (χ3n) is 5.87. The minimum atomic E-state index is -4.46. The van der Waals surface area contributed by atoms with Crippen molar-refractivity contribution in [1.29, 1.82) is 0 Å². The smallest absolute Gasteiger partial charge is 0.368 e. The fraction of sp³-hybridized carbons (Fsp3) is 0.455. The molecule has 1 aromatic carbocycles. The first kappa shape index (κ1) is 20.5. The van der Waals surface area contributed by atoms with E-state index in [-0.39, 0.29) is 24.2 Å². The summed E-state index contributed by atoms with van der Waals surface area (Å²) in [4.78, 5) is 22.8. The second-order valence-corrected chi connectivity index (χ2v) is 7.81. The molecule has 1 amide bonds. The highest BCUT2D eigenvalue weighted by atomic mass is 19.4. The molecule has 8 heteroatoms. The summed E-state index contributed by atoms with van der Waals surface area (Å²) in [5, 5.41) is 0. The number of amides is 1.